The topological polar surface area (TPSA) is 59.8 Å². The van der Waals surface area contributed by atoms with Crippen LogP contribution in [-0.4, -0.2) is 32.1 Å². The molecule has 0 bridgehead atoms. The van der Waals surface area contributed by atoms with E-state index in [9.17, 15) is 9.59 Å². The third kappa shape index (κ3) is 5.89. The van der Waals surface area contributed by atoms with Gasteiger partial charge in [-0.05, 0) is 31.2 Å². The van der Waals surface area contributed by atoms with E-state index in [1.165, 1.54) is 0 Å². The van der Waals surface area contributed by atoms with E-state index in [1.807, 2.05) is 31.3 Å². The molecule has 0 radical (unpaired) electrons. The summed E-state index contributed by atoms with van der Waals surface area (Å²) < 4.78 is 5.01. The Balaban J connectivity index is 1.97. The molecule has 2 rings (SSSR count). The van der Waals surface area contributed by atoms with E-state index in [-0.39, 0.29) is 19.1 Å². The third-order valence-corrected chi connectivity index (χ3v) is 3.79. The number of ether oxygens (including phenoxy) is 1. The summed E-state index contributed by atoms with van der Waals surface area (Å²) in [5.74, 6) is -0.616. The van der Waals surface area contributed by atoms with Gasteiger partial charge in [0.1, 0.15) is 6.54 Å². The fourth-order valence-electron chi connectivity index (χ4n) is 2.51. The summed E-state index contributed by atoms with van der Waals surface area (Å²) in [4.78, 5) is 25.3. The van der Waals surface area contributed by atoms with Gasteiger partial charge >= 0.3 is 5.97 Å². The van der Waals surface area contributed by atoms with E-state index in [1.54, 1.807) is 31.2 Å². The summed E-state index contributed by atoms with van der Waals surface area (Å²) in [6, 6.07) is 14.4. The van der Waals surface area contributed by atoms with Crippen molar-refractivity contribution < 1.29 is 19.2 Å². The number of anilines is 1. The fraction of sp³-hybridized carbons (Fsp3) is 0.263. The first-order valence-corrected chi connectivity index (χ1v) is 8.49. The van der Waals surface area contributed by atoms with Gasteiger partial charge in [-0.15, -0.1) is 0 Å². The Hall–Kier alpha value is -2.37. The van der Waals surface area contributed by atoms with Crippen LogP contribution in [-0.2, 0) is 16.1 Å². The second kappa shape index (κ2) is 9.20. The Morgan fingerprint density at radius 3 is 2.64 bits per heavy atom. The Morgan fingerprint density at radius 1 is 1.16 bits per heavy atom. The number of hydrogen-bond donors (Lipinski definition) is 2. The van der Waals surface area contributed by atoms with Crippen molar-refractivity contribution in [3.8, 4) is 0 Å². The highest BCUT2D eigenvalue weighted by Crippen LogP contribution is 2.16. The van der Waals surface area contributed by atoms with Crippen LogP contribution in [0, 0.1) is 0 Å². The number of rotatable bonds is 7. The van der Waals surface area contributed by atoms with Crippen LogP contribution >= 0.6 is 11.6 Å². The Labute approximate surface area is 152 Å². The minimum atomic E-state index is -0.446. The number of quaternary nitrogens is 1. The smallest absolute Gasteiger partial charge is 0.340 e. The molecule has 0 spiro atoms. The quantitative estimate of drug-likeness (QED) is 0.743. The molecule has 132 valence electrons. The molecule has 5 nitrogen and oxygen atoms in total. The molecular weight excluding hydrogens is 340 g/mol. The normalized spacial score (nSPS) is 11.6. The minimum absolute atomic E-state index is 0.170. The van der Waals surface area contributed by atoms with Crippen molar-refractivity contribution in [2.75, 3.05) is 25.5 Å². The van der Waals surface area contributed by atoms with Crippen molar-refractivity contribution in [3.63, 3.8) is 0 Å². The highest BCUT2D eigenvalue weighted by molar-refractivity contribution is 6.30. The van der Waals surface area contributed by atoms with E-state index < -0.39 is 5.97 Å². The number of likely N-dealkylation sites (N-methyl/N-ethyl adjacent to an activating group) is 1. The summed E-state index contributed by atoms with van der Waals surface area (Å²) in [6.07, 6.45) is 0. The second-order valence-corrected chi connectivity index (χ2v) is 6.19. The lowest BCUT2D eigenvalue weighted by molar-refractivity contribution is -0.885. The van der Waals surface area contributed by atoms with Gasteiger partial charge in [-0.25, -0.2) is 4.79 Å². The fourth-order valence-corrected chi connectivity index (χ4v) is 2.72. The largest absolute Gasteiger partial charge is 0.462 e. The van der Waals surface area contributed by atoms with Gasteiger partial charge < -0.3 is 15.0 Å². The molecule has 0 fully saturated rings. The van der Waals surface area contributed by atoms with Gasteiger partial charge in [0.2, 0.25) is 0 Å². The van der Waals surface area contributed by atoms with E-state index in [4.69, 9.17) is 16.3 Å². The van der Waals surface area contributed by atoms with Crippen molar-refractivity contribution >= 4 is 29.2 Å². The van der Waals surface area contributed by atoms with Crippen molar-refractivity contribution in [1.82, 2.24) is 0 Å². The number of esters is 1. The van der Waals surface area contributed by atoms with Crippen LogP contribution in [0.25, 0.3) is 0 Å². The molecule has 0 aliphatic carbocycles. The van der Waals surface area contributed by atoms with Crippen molar-refractivity contribution in [1.29, 1.82) is 0 Å². The van der Waals surface area contributed by atoms with Gasteiger partial charge in [-0.3, -0.25) is 4.79 Å². The third-order valence-electron chi connectivity index (χ3n) is 3.55. The molecule has 0 aliphatic rings. The number of halogens is 1. The lowest BCUT2D eigenvalue weighted by Gasteiger charge is -2.15. The van der Waals surface area contributed by atoms with Gasteiger partial charge in [-0.2, -0.15) is 0 Å². The maximum Gasteiger partial charge on any atom is 0.340 e. The predicted molar refractivity (Wildman–Crippen MR) is 97.9 cm³/mol. The standard InChI is InChI=1S/C19H21ClN2O3/c1-3-25-19(24)16-9-4-5-10-17(16)21-18(23)13-22(2)12-14-7-6-8-15(20)11-14/h4-11H,3,12-13H2,1-2H3,(H,21,23)/p+1. The molecule has 1 unspecified atom stereocenters. The lowest BCUT2D eigenvalue weighted by atomic mass is 10.1. The maximum absolute atomic E-state index is 12.3. The highest BCUT2D eigenvalue weighted by Gasteiger charge is 2.16. The molecule has 0 heterocycles. The molecule has 1 atom stereocenters. The monoisotopic (exact) mass is 361 g/mol. The molecule has 2 N–H and O–H groups in total. The molecule has 25 heavy (non-hydrogen) atoms. The molecule has 0 saturated heterocycles. The first-order valence-electron chi connectivity index (χ1n) is 8.11. The van der Waals surface area contributed by atoms with Gasteiger partial charge in [0.15, 0.2) is 6.54 Å². The summed E-state index contributed by atoms with van der Waals surface area (Å²) in [5.41, 5.74) is 1.87. The predicted octanol–water partition coefficient (Wildman–Crippen LogP) is 2.17. The molecule has 1 amide bonds. The molecule has 0 saturated carbocycles. The highest BCUT2D eigenvalue weighted by atomic mass is 35.5. The van der Waals surface area contributed by atoms with Crippen LogP contribution in [0.15, 0.2) is 48.5 Å². The van der Waals surface area contributed by atoms with E-state index >= 15 is 0 Å². The number of hydrogen-bond acceptors (Lipinski definition) is 3. The zero-order chi connectivity index (χ0) is 18.2. The number of nitrogens with one attached hydrogen (secondary N) is 2. The van der Waals surface area contributed by atoms with Crippen molar-refractivity contribution in [2.45, 2.75) is 13.5 Å². The molecule has 2 aromatic rings. The molecule has 6 heteroatoms. The second-order valence-electron chi connectivity index (χ2n) is 5.75. The van der Waals surface area contributed by atoms with Gasteiger partial charge in [0, 0.05) is 10.6 Å². The number of carbonyl (C=O) groups excluding carboxylic acids is 2. The minimum Gasteiger partial charge on any atom is -0.462 e. The summed E-state index contributed by atoms with van der Waals surface area (Å²) in [7, 11) is 1.93. The number of amides is 1. The summed E-state index contributed by atoms with van der Waals surface area (Å²) >= 11 is 5.98. The maximum atomic E-state index is 12.3. The zero-order valence-corrected chi connectivity index (χ0v) is 15.1. The first-order chi connectivity index (χ1) is 12.0. The van der Waals surface area contributed by atoms with E-state index in [2.05, 4.69) is 5.32 Å². The Bertz CT molecular complexity index is 749. The Morgan fingerprint density at radius 2 is 1.92 bits per heavy atom. The average Bonchev–Trinajstić information content (AvgIpc) is 2.55. The average molecular weight is 362 g/mol. The Kier molecular flexibility index (Phi) is 6.98. The van der Waals surface area contributed by atoms with E-state index in [0.717, 1.165) is 10.5 Å². The summed E-state index contributed by atoms with van der Waals surface area (Å²) in [6.45, 7) is 2.97. The van der Waals surface area contributed by atoms with Gasteiger partial charge in [0.05, 0.1) is 24.9 Å². The van der Waals surface area contributed by atoms with Crippen molar-refractivity contribution in [2.24, 2.45) is 0 Å². The van der Waals surface area contributed by atoms with E-state index in [0.29, 0.717) is 22.8 Å². The summed E-state index contributed by atoms with van der Waals surface area (Å²) in [5, 5.41) is 3.47. The van der Waals surface area contributed by atoms with Crippen LogP contribution in [0.1, 0.15) is 22.8 Å². The number of benzene rings is 2. The van der Waals surface area contributed by atoms with Crippen molar-refractivity contribution in [3.05, 3.63) is 64.7 Å². The molecular formula is C19H22ClN2O3+. The lowest BCUT2D eigenvalue weighted by Crippen LogP contribution is -3.08. The molecule has 0 aliphatic heterocycles. The van der Waals surface area contributed by atoms with Gasteiger partial charge in [0.25, 0.3) is 5.91 Å². The number of carbonyl (C=O) groups is 2. The molecule has 0 aromatic heterocycles. The van der Waals surface area contributed by atoms with Crippen LogP contribution in [0.3, 0.4) is 0 Å². The first kappa shape index (κ1) is 19.0. The number of para-hydroxylation sites is 1. The van der Waals surface area contributed by atoms with Gasteiger partial charge in [-0.1, -0.05) is 35.9 Å². The van der Waals surface area contributed by atoms with Crippen LogP contribution in [0.4, 0.5) is 5.69 Å². The van der Waals surface area contributed by atoms with Crippen LogP contribution < -0.4 is 10.2 Å². The SMILES string of the molecule is CCOC(=O)c1ccccc1NC(=O)C[NH+](C)Cc1cccc(Cl)c1. The van der Waals surface area contributed by atoms with Crippen LogP contribution in [0.2, 0.25) is 5.02 Å². The van der Waals surface area contributed by atoms with Crippen LogP contribution in [0.5, 0.6) is 0 Å². The molecule has 2 aromatic carbocycles. The zero-order valence-electron chi connectivity index (χ0n) is 14.3.